The van der Waals surface area contributed by atoms with Crippen molar-refractivity contribution in [1.29, 1.82) is 0 Å². The summed E-state index contributed by atoms with van der Waals surface area (Å²) in [6.07, 6.45) is 2.34. The molecule has 0 radical (unpaired) electrons. The van der Waals surface area contributed by atoms with Crippen LogP contribution in [-0.2, 0) is 6.42 Å². The van der Waals surface area contributed by atoms with Crippen LogP contribution in [-0.4, -0.2) is 18.3 Å². The molecule has 1 aromatic rings. The van der Waals surface area contributed by atoms with Gasteiger partial charge in [-0.3, -0.25) is 0 Å². The zero-order valence-electron chi connectivity index (χ0n) is 10.0. The fourth-order valence-electron chi connectivity index (χ4n) is 2.06. The number of nitrogens with two attached hydrogens (primary N) is 1. The highest BCUT2D eigenvalue weighted by molar-refractivity contribution is 6.31. The van der Waals surface area contributed by atoms with E-state index in [1.165, 1.54) is 12.1 Å². The molecule has 0 aliphatic carbocycles. The van der Waals surface area contributed by atoms with Crippen molar-refractivity contribution in [2.45, 2.75) is 26.2 Å². The third-order valence-electron chi connectivity index (χ3n) is 3.13. The molecule has 1 atom stereocenters. The average Bonchev–Trinajstić information content (AvgIpc) is 2.32. The van der Waals surface area contributed by atoms with Gasteiger partial charge in [0, 0.05) is 17.0 Å². The molecule has 0 aliphatic rings. The molecule has 1 unspecified atom stereocenters. The third kappa shape index (κ3) is 3.66. The van der Waals surface area contributed by atoms with E-state index in [-0.39, 0.29) is 17.8 Å². The molecule has 0 spiro atoms. The second-order valence-electron chi connectivity index (χ2n) is 4.52. The number of hydrogen-bond acceptors (Lipinski definition) is 2. The van der Waals surface area contributed by atoms with Crippen molar-refractivity contribution in [1.82, 2.24) is 0 Å². The van der Waals surface area contributed by atoms with Crippen molar-refractivity contribution >= 4 is 11.6 Å². The Labute approximate surface area is 107 Å². The Kier molecular flexibility index (Phi) is 5.37. The fraction of sp³-hybridized carbons (Fsp3) is 0.538. The summed E-state index contributed by atoms with van der Waals surface area (Å²) < 4.78 is 12.9. The SMILES string of the molecule is CCCC(CN)(CO)Cc1ccc(F)cc1Cl. The Morgan fingerprint density at radius 2 is 2.18 bits per heavy atom. The highest BCUT2D eigenvalue weighted by Crippen LogP contribution is 2.30. The van der Waals surface area contributed by atoms with Crippen LogP contribution in [0, 0.1) is 11.2 Å². The molecule has 0 bridgehead atoms. The highest BCUT2D eigenvalue weighted by atomic mass is 35.5. The summed E-state index contributed by atoms with van der Waals surface area (Å²) in [4.78, 5) is 0. The van der Waals surface area contributed by atoms with E-state index in [4.69, 9.17) is 17.3 Å². The first-order valence-electron chi connectivity index (χ1n) is 5.82. The minimum absolute atomic E-state index is 0.0189. The molecular formula is C13H19ClFNO. The number of rotatable bonds is 6. The van der Waals surface area contributed by atoms with Gasteiger partial charge in [0.2, 0.25) is 0 Å². The summed E-state index contributed by atoms with van der Waals surface area (Å²) in [7, 11) is 0. The molecule has 0 saturated heterocycles. The van der Waals surface area contributed by atoms with Crippen molar-refractivity contribution in [3.8, 4) is 0 Å². The van der Waals surface area contributed by atoms with E-state index in [1.54, 1.807) is 6.07 Å². The summed E-state index contributed by atoms with van der Waals surface area (Å²) in [5.74, 6) is -0.350. The molecule has 4 heteroatoms. The van der Waals surface area contributed by atoms with Gasteiger partial charge < -0.3 is 10.8 Å². The molecule has 0 saturated carbocycles. The van der Waals surface area contributed by atoms with Crippen LogP contribution in [0.5, 0.6) is 0 Å². The normalized spacial score (nSPS) is 14.6. The monoisotopic (exact) mass is 259 g/mol. The van der Waals surface area contributed by atoms with Crippen LogP contribution in [0.25, 0.3) is 0 Å². The summed E-state index contributed by atoms with van der Waals surface area (Å²) in [6.45, 7) is 2.46. The van der Waals surface area contributed by atoms with Gasteiger partial charge in [-0.1, -0.05) is 31.0 Å². The quantitative estimate of drug-likeness (QED) is 0.825. The van der Waals surface area contributed by atoms with E-state index in [1.807, 2.05) is 6.92 Å². The predicted molar refractivity (Wildman–Crippen MR) is 68.6 cm³/mol. The van der Waals surface area contributed by atoms with Crippen molar-refractivity contribution in [3.63, 3.8) is 0 Å². The van der Waals surface area contributed by atoms with Gasteiger partial charge in [-0.15, -0.1) is 0 Å². The number of halogens is 2. The zero-order chi connectivity index (χ0) is 12.9. The minimum Gasteiger partial charge on any atom is -0.396 e. The van der Waals surface area contributed by atoms with Crippen LogP contribution in [0.4, 0.5) is 4.39 Å². The number of aliphatic hydroxyl groups is 1. The summed E-state index contributed by atoms with van der Waals surface area (Å²) in [5, 5.41) is 9.91. The molecule has 2 nitrogen and oxygen atoms in total. The molecule has 0 heterocycles. The third-order valence-corrected chi connectivity index (χ3v) is 3.48. The van der Waals surface area contributed by atoms with Gasteiger partial charge in [-0.25, -0.2) is 4.39 Å². The lowest BCUT2D eigenvalue weighted by Crippen LogP contribution is -2.36. The summed E-state index contributed by atoms with van der Waals surface area (Å²) >= 11 is 5.99. The van der Waals surface area contributed by atoms with Gasteiger partial charge in [-0.05, 0) is 30.5 Å². The summed E-state index contributed by atoms with van der Waals surface area (Å²) in [6, 6.07) is 4.33. The second kappa shape index (κ2) is 6.34. The Hall–Kier alpha value is -0.640. The maximum absolute atomic E-state index is 12.9. The molecular weight excluding hydrogens is 241 g/mol. The lowest BCUT2D eigenvalue weighted by atomic mass is 9.78. The molecule has 3 N–H and O–H groups in total. The van der Waals surface area contributed by atoms with Gasteiger partial charge in [0.05, 0.1) is 6.61 Å². The molecule has 96 valence electrons. The lowest BCUT2D eigenvalue weighted by Gasteiger charge is -2.30. The first-order chi connectivity index (χ1) is 8.06. The van der Waals surface area contributed by atoms with E-state index in [9.17, 15) is 9.50 Å². The topological polar surface area (TPSA) is 46.2 Å². The Balaban J connectivity index is 2.92. The van der Waals surface area contributed by atoms with Crippen molar-refractivity contribution in [2.75, 3.05) is 13.2 Å². The van der Waals surface area contributed by atoms with Crippen molar-refractivity contribution in [2.24, 2.45) is 11.1 Å². The van der Waals surface area contributed by atoms with Gasteiger partial charge in [-0.2, -0.15) is 0 Å². The van der Waals surface area contributed by atoms with Crippen LogP contribution in [0.2, 0.25) is 5.02 Å². The van der Waals surface area contributed by atoms with E-state index in [0.717, 1.165) is 18.4 Å². The first kappa shape index (κ1) is 14.4. The highest BCUT2D eigenvalue weighted by Gasteiger charge is 2.28. The van der Waals surface area contributed by atoms with Crippen molar-refractivity contribution < 1.29 is 9.50 Å². The Morgan fingerprint density at radius 3 is 2.65 bits per heavy atom. The predicted octanol–water partition coefficient (Wildman–Crippen LogP) is 2.76. The maximum Gasteiger partial charge on any atom is 0.124 e. The van der Waals surface area contributed by atoms with E-state index < -0.39 is 0 Å². The van der Waals surface area contributed by atoms with Crippen LogP contribution in [0.15, 0.2) is 18.2 Å². The van der Waals surface area contributed by atoms with Crippen LogP contribution in [0.3, 0.4) is 0 Å². The van der Waals surface area contributed by atoms with Crippen molar-refractivity contribution in [3.05, 3.63) is 34.6 Å². The number of hydrogen-bond donors (Lipinski definition) is 2. The largest absolute Gasteiger partial charge is 0.396 e. The van der Waals surface area contributed by atoms with Crippen LogP contribution >= 0.6 is 11.6 Å². The Morgan fingerprint density at radius 1 is 1.47 bits per heavy atom. The second-order valence-corrected chi connectivity index (χ2v) is 4.93. The maximum atomic E-state index is 12.9. The molecule has 1 aromatic carbocycles. The first-order valence-corrected chi connectivity index (χ1v) is 6.19. The molecule has 17 heavy (non-hydrogen) atoms. The number of aliphatic hydroxyl groups excluding tert-OH is 1. The molecule has 0 aromatic heterocycles. The van der Waals surface area contributed by atoms with Gasteiger partial charge >= 0.3 is 0 Å². The molecule has 0 aliphatic heterocycles. The molecule has 0 fully saturated rings. The van der Waals surface area contributed by atoms with Gasteiger partial charge in [0.15, 0.2) is 0 Å². The minimum atomic E-state index is -0.351. The van der Waals surface area contributed by atoms with E-state index in [0.29, 0.717) is 18.0 Å². The molecule has 0 amide bonds. The van der Waals surface area contributed by atoms with E-state index >= 15 is 0 Å². The molecule has 1 rings (SSSR count). The van der Waals surface area contributed by atoms with E-state index in [2.05, 4.69) is 0 Å². The zero-order valence-corrected chi connectivity index (χ0v) is 10.8. The summed E-state index contributed by atoms with van der Waals surface area (Å²) in [5.41, 5.74) is 6.24. The fourth-order valence-corrected chi connectivity index (χ4v) is 2.30. The Bertz CT molecular complexity index is 366. The van der Waals surface area contributed by atoms with Gasteiger partial charge in [0.25, 0.3) is 0 Å². The van der Waals surface area contributed by atoms with Gasteiger partial charge in [0.1, 0.15) is 5.82 Å². The van der Waals surface area contributed by atoms with Crippen LogP contribution < -0.4 is 5.73 Å². The number of benzene rings is 1. The van der Waals surface area contributed by atoms with Crippen LogP contribution in [0.1, 0.15) is 25.3 Å². The lowest BCUT2D eigenvalue weighted by molar-refractivity contribution is 0.121. The smallest absolute Gasteiger partial charge is 0.124 e. The standard InChI is InChI=1S/C13H19ClFNO/c1-2-5-13(8-16,9-17)7-10-3-4-11(15)6-12(10)14/h3-4,6,17H,2,5,7-9,16H2,1H3. The average molecular weight is 260 g/mol.